The highest BCUT2D eigenvalue weighted by Gasteiger charge is 2.47. The molecule has 1 aliphatic rings. The Morgan fingerprint density at radius 2 is 1.33 bits per heavy atom. The average molecular weight is 503 g/mol. The lowest BCUT2D eigenvalue weighted by Crippen LogP contribution is -2.59. The van der Waals surface area contributed by atoms with Crippen LogP contribution in [-0.4, -0.2) is 46.7 Å². The van der Waals surface area contributed by atoms with Crippen LogP contribution in [0.25, 0.3) is 10.8 Å². The van der Waals surface area contributed by atoms with E-state index in [2.05, 4.69) is 24.3 Å². The fraction of sp³-hybridized carbons (Fsp3) is 0.267. The maximum atomic E-state index is 11.1. The van der Waals surface area contributed by atoms with Gasteiger partial charge in [0.2, 0.25) is 0 Å². The molecule has 2 N–H and O–H groups in total. The molecule has 6 heteroatoms. The van der Waals surface area contributed by atoms with Gasteiger partial charge in [0, 0.05) is 4.90 Å². The standard InChI is InChI=1S/C30H30O5S/c31-18-26-27(32)28(33-20-22-15-16-23-11-7-8-12-24(23)17-22)29(34-19-21-9-3-1-4-10-21)30(35-26)36-25-13-5-2-6-14-25/h1-17,26-32H,18-20H2. The van der Waals surface area contributed by atoms with Crippen molar-refractivity contribution in [2.75, 3.05) is 6.61 Å². The topological polar surface area (TPSA) is 68.2 Å². The first-order chi connectivity index (χ1) is 17.7. The van der Waals surface area contributed by atoms with Gasteiger partial charge in [0.25, 0.3) is 0 Å². The summed E-state index contributed by atoms with van der Waals surface area (Å²) >= 11 is 1.51. The number of rotatable bonds is 9. The highest BCUT2D eigenvalue weighted by molar-refractivity contribution is 7.99. The average Bonchev–Trinajstić information content (AvgIpc) is 2.93. The van der Waals surface area contributed by atoms with Crippen molar-refractivity contribution in [2.45, 2.75) is 48.0 Å². The van der Waals surface area contributed by atoms with Gasteiger partial charge in [-0.25, -0.2) is 0 Å². The largest absolute Gasteiger partial charge is 0.394 e. The van der Waals surface area contributed by atoms with Crippen LogP contribution in [0, 0.1) is 0 Å². The van der Waals surface area contributed by atoms with Crippen LogP contribution in [0.3, 0.4) is 0 Å². The number of thioether (sulfide) groups is 1. The van der Waals surface area contributed by atoms with E-state index in [1.807, 2.05) is 78.9 Å². The molecule has 1 saturated heterocycles. The SMILES string of the molecule is OCC1OC(Sc2ccccc2)C(OCc2ccccc2)C(OCc2ccc3ccccc3c2)C1O. The smallest absolute Gasteiger partial charge is 0.137 e. The van der Waals surface area contributed by atoms with Gasteiger partial charge in [-0.2, -0.15) is 0 Å². The minimum Gasteiger partial charge on any atom is -0.394 e. The van der Waals surface area contributed by atoms with Crippen LogP contribution in [0.2, 0.25) is 0 Å². The van der Waals surface area contributed by atoms with Crippen LogP contribution < -0.4 is 0 Å². The van der Waals surface area contributed by atoms with Gasteiger partial charge in [0.15, 0.2) is 0 Å². The number of ether oxygens (including phenoxy) is 3. The van der Waals surface area contributed by atoms with E-state index in [1.54, 1.807) is 0 Å². The molecule has 0 radical (unpaired) electrons. The van der Waals surface area contributed by atoms with Gasteiger partial charge in [-0.15, -0.1) is 0 Å². The molecule has 5 rings (SSSR count). The zero-order valence-electron chi connectivity index (χ0n) is 19.9. The molecule has 0 aromatic heterocycles. The van der Waals surface area contributed by atoms with E-state index in [-0.39, 0.29) is 6.61 Å². The molecular weight excluding hydrogens is 472 g/mol. The Bertz CT molecular complexity index is 1240. The highest BCUT2D eigenvalue weighted by Crippen LogP contribution is 2.36. The summed E-state index contributed by atoms with van der Waals surface area (Å²) < 4.78 is 18.9. The minimum absolute atomic E-state index is 0.304. The van der Waals surface area contributed by atoms with E-state index in [9.17, 15) is 10.2 Å². The molecule has 5 nitrogen and oxygen atoms in total. The predicted molar refractivity (Wildman–Crippen MR) is 142 cm³/mol. The number of aliphatic hydroxyl groups is 2. The van der Waals surface area contributed by atoms with Crippen LogP contribution in [0.15, 0.2) is 108 Å². The van der Waals surface area contributed by atoms with Gasteiger partial charge in [-0.1, -0.05) is 96.7 Å². The Balaban J connectivity index is 1.39. The summed E-state index contributed by atoms with van der Waals surface area (Å²) in [5.41, 5.74) is 1.55. The van der Waals surface area contributed by atoms with Crippen molar-refractivity contribution in [3.8, 4) is 0 Å². The summed E-state index contributed by atoms with van der Waals surface area (Å²) in [6, 6.07) is 34.2. The number of hydrogen-bond acceptors (Lipinski definition) is 6. The van der Waals surface area contributed by atoms with Crippen molar-refractivity contribution >= 4 is 22.5 Å². The Morgan fingerprint density at radius 1 is 0.694 bits per heavy atom. The van der Waals surface area contributed by atoms with E-state index in [1.165, 1.54) is 11.8 Å². The van der Waals surface area contributed by atoms with Gasteiger partial charge < -0.3 is 24.4 Å². The molecule has 0 bridgehead atoms. The predicted octanol–water partition coefficient (Wildman–Crippen LogP) is 5.18. The van der Waals surface area contributed by atoms with Crippen molar-refractivity contribution in [3.05, 3.63) is 114 Å². The second-order valence-electron chi connectivity index (χ2n) is 8.87. The van der Waals surface area contributed by atoms with Crippen molar-refractivity contribution in [1.29, 1.82) is 0 Å². The molecule has 0 aliphatic carbocycles. The quantitative estimate of drug-likeness (QED) is 0.329. The van der Waals surface area contributed by atoms with E-state index in [0.717, 1.165) is 26.8 Å². The zero-order valence-corrected chi connectivity index (χ0v) is 20.7. The second-order valence-corrected chi connectivity index (χ2v) is 10.0. The van der Waals surface area contributed by atoms with Crippen LogP contribution in [0.5, 0.6) is 0 Å². The molecule has 1 heterocycles. The fourth-order valence-corrected chi connectivity index (χ4v) is 5.57. The Kier molecular flexibility index (Phi) is 8.33. The molecule has 0 saturated carbocycles. The first-order valence-corrected chi connectivity index (χ1v) is 13.0. The van der Waals surface area contributed by atoms with Crippen molar-refractivity contribution in [3.63, 3.8) is 0 Å². The monoisotopic (exact) mass is 502 g/mol. The third kappa shape index (κ3) is 5.98. The first-order valence-electron chi connectivity index (χ1n) is 12.1. The lowest BCUT2D eigenvalue weighted by Gasteiger charge is -2.43. The van der Waals surface area contributed by atoms with Crippen molar-refractivity contribution in [2.24, 2.45) is 0 Å². The minimum atomic E-state index is -1.04. The van der Waals surface area contributed by atoms with Crippen LogP contribution in [0.1, 0.15) is 11.1 Å². The van der Waals surface area contributed by atoms with Crippen LogP contribution in [-0.2, 0) is 27.4 Å². The summed E-state index contributed by atoms with van der Waals surface area (Å²) in [6.45, 7) is 0.347. The zero-order chi connectivity index (χ0) is 24.7. The molecule has 1 aliphatic heterocycles. The lowest BCUT2D eigenvalue weighted by molar-refractivity contribution is -0.237. The van der Waals surface area contributed by atoms with Crippen molar-refractivity contribution < 1.29 is 24.4 Å². The van der Waals surface area contributed by atoms with Crippen LogP contribution >= 0.6 is 11.8 Å². The van der Waals surface area contributed by atoms with E-state index >= 15 is 0 Å². The normalized spacial score (nSPS) is 24.1. The number of hydrogen-bond donors (Lipinski definition) is 2. The lowest BCUT2D eigenvalue weighted by atomic mass is 9.99. The third-order valence-electron chi connectivity index (χ3n) is 6.34. The van der Waals surface area contributed by atoms with E-state index in [0.29, 0.717) is 13.2 Å². The highest BCUT2D eigenvalue weighted by atomic mass is 32.2. The van der Waals surface area contributed by atoms with E-state index in [4.69, 9.17) is 14.2 Å². The number of aliphatic hydroxyl groups excluding tert-OH is 2. The molecule has 5 atom stereocenters. The first kappa shape index (κ1) is 25.0. The summed E-state index contributed by atoms with van der Waals surface area (Å²) in [7, 11) is 0. The molecule has 1 fully saturated rings. The molecule has 0 amide bonds. The Labute approximate surface area is 215 Å². The third-order valence-corrected chi connectivity index (χ3v) is 7.49. The fourth-order valence-electron chi connectivity index (χ4n) is 4.42. The molecular formula is C30H30O5S. The summed E-state index contributed by atoms with van der Waals surface area (Å²) in [5.74, 6) is 0. The van der Waals surface area contributed by atoms with Gasteiger partial charge in [0.1, 0.15) is 29.9 Å². The maximum absolute atomic E-state index is 11.1. The van der Waals surface area contributed by atoms with Gasteiger partial charge in [-0.3, -0.25) is 0 Å². The number of benzene rings is 4. The molecule has 4 aromatic rings. The van der Waals surface area contributed by atoms with Gasteiger partial charge in [-0.05, 0) is 40.1 Å². The summed E-state index contributed by atoms with van der Waals surface area (Å²) in [6.07, 6.45) is -3.06. The van der Waals surface area contributed by atoms with Gasteiger partial charge >= 0.3 is 0 Å². The molecule has 4 aromatic carbocycles. The molecule has 186 valence electrons. The summed E-state index contributed by atoms with van der Waals surface area (Å²) in [4.78, 5) is 1.01. The Hall–Kier alpha value is -2.71. The molecule has 5 unspecified atom stereocenters. The summed E-state index contributed by atoms with van der Waals surface area (Å²) in [5, 5.41) is 23.4. The maximum Gasteiger partial charge on any atom is 0.137 e. The molecule has 36 heavy (non-hydrogen) atoms. The van der Waals surface area contributed by atoms with Crippen LogP contribution in [0.4, 0.5) is 0 Å². The van der Waals surface area contributed by atoms with Crippen molar-refractivity contribution in [1.82, 2.24) is 0 Å². The number of fused-ring (bicyclic) bond motifs is 1. The Morgan fingerprint density at radius 3 is 2.08 bits per heavy atom. The molecule has 0 spiro atoms. The van der Waals surface area contributed by atoms with E-state index < -0.39 is 29.9 Å². The van der Waals surface area contributed by atoms with Gasteiger partial charge in [0.05, 0.1) is 19.8 Å². The second kappa shape index (κ2) is 12.0.